The molecule has 3 nitrogen and oxygen atoms in total. The van der Waals surface area contributed by atoms with Crippen LogP contribution in [0.2, 0.25) is 0 Å². The second kappa shape index (κ2) is 8.32. The van der Waals surface area contributed by atoms with Gasteiger partial charge >= 0.3 is 5.43 Å². The van der Waals surface area contributed by atoms with Crippen LogP contribution in [0.1, 0.15) is 33.1 Å². The number of carbonyl (C=O) groups is 1. The van der Waals surface area contributed by atoms with Crippen molar-refractivity contribution >= 4 is 17.0 Å². The Bertz CT molecular complexity index is 139. The molecule has 4 heteroatoms. The highest BCUT2D eigenvalue weighted by atomic mass is 35.5. The maximum Gasteiger partial charge on any atom is 0.403 e. The molecular weight excluding hydrogens is 192 g/mol. The van der Waals surface area contributed by atoms with Crippen molar-refractivity contribution in [1.29, 1.82) is 0 Å². The summed E-state index contributed by atoms with van der Waals surface area (Å²) in [5, 5.41) is 0. The average Bonchev–Trinajstić information content (AvgIpc) is 2.09. The molecule has 0 rings (SSSR count). The van der Waals surface area contributed by atoms with Gasteiger partial charge in [-0.25, -0.2) is 4.79 Å². The van der Waals surface area contributed by atoms with Crippen molar-refractivity contribution in [2.45, 2.75) is 39.2 Å². The molecule has 0 aliphatic rings. The topological polar surface area (TPSA) is 35.5 Å². The quantitative estimate of drug-likeness (QED) is 0.604. The van der Waals surface area contributed by atoms with Crippen LogP contribution < -0.4 is 0 Å². The van der Waals surface area contributed by atoms with E-state index in [9.17, 15) is 4.79 Å². The van der Waals surface area contributed by atoms with Crippen LogP contribution in [-0.4, -0.2) is 24.7 Å². The molecule has 13 heavy (non-hydrogen) atoms. The molecule has 0 aliphatic carbocycles. The van der Waals surface area contributed by atoms with Crippen molar-refractivity contribution in [3.8, 4) is 0 Å². The number of rotatable bonds is 7. The van der Waals surface area contributed by atoms with E-state index in [1.165, 1.54) is 0 Å². The Morgan fingerprint density at radius 1 is 1.46 bits per heavy atom. The van der Waals surface area contributed by atoms with Crippen molar-refractivity contribution in [1.82, 2.24) is 0 Å². The van der Waals surface area contributed by atoms with Crippen LogP contribution >= 0.6 is 11.6 Å². The molecule has 0 radical (unpaired) electrons. The molecule has 0 aromatic rings. The summed E-state index contributed by atoms with van der Waals surface area (Å²) in [6.45, 7) is 4.92. The number of carbonyl (C=O) groups excluding carboxylic acids is 1. The summed E-state index contributed by atoms with van der Waals surface area (Å²) >= 11 is 5.04. The van der Waals surface area contributed by atoms with E-state index in [1.54, 1.807) is 0 Å². The average molecular weight is 209 g/mol. The van der Waals surface area contributed by atoms with Crippen molar-refractivity contribution < 1.29 is 14.3 Å². The van der Waals surface area contributed by atoms with Crippen LogP contribution in [0, 0.1) is 0 Å². The molecule has 0 heterocycles. The molecule has 0 bridgehead atoms. The summed E-state index contributed by atoms with van der Waals surface area (Å²) in [6.07, 6.45) is 3.09. The lowest BCUT2D eigenvalue weighted by Crippen LogP contribution is -2.20. The number of halogens is 1. The van der Waals surface area contributed by atoms with Gasteiger partial charge in [-0.15, -0.1) is 0 Å². The lowest BCUT2D eigenvalue weighted by Gasteiger charge is -2.15. The van der Waals surface area contributed by atoms with Crippen LogP contribution in [0.25, 0.3) is 0 Å². The maximum absolute atomic E-state index is 10.3. The minimum atomic E-state index is -0.763. The Morgan fingerprint density at radius 3 is 2.62 bits per heavy atom. The van der Waals surface area contributed by atoms with Crippen LogP contribution in [0.4, 0.5) is 4.79 Å². The zero-order valence-electron chi connectivity index (χ0n) is 8.22. The van der Waals surface area contributed by atoms with Gasteiger partial charge in [0.2, 0.25) is 0 Å². The molecule has 0 saturated carbocycles. The molecule has 1 unspecified atom stereocenters. The summed E-state index contributed by atoms with van der Waals surface area (Å²) < 4.78 is 10.0. The van der Waals surface area contributed by atoms with Gasteiger partial charge in [-0.1, -0.05) is 19.8 Å². The second-order valence-electron chi connectivity index (χ2n) is 2.77. The van der Waals surface area contributed by atoms with Gasteiger partial charge in [0.05, 0.1) is 6.10 Å². The zero-order chi connectivity index (χ0) is 10.1. The lowest BCUT2D eigenvalue weighted by molar-refractivity contribution is 0.0107. The van der Waals surface area contributed by atoms with Crippen molar-refractivity contribution in [2.75, 3.05) is 13.2 Å². The first kappa shape index (κ1) is 12.7. The molecule has 78 valence electrons. The minimum Gasteiger partial charge on any atom is -0.451 e. The molecule has 0 aromatic carbocycles. The van der Waals surface area contributed by atoms with Gasteiger partial charge in [-0.05, 0) is 13.3 Å². The van der Waals surface area contributed by atoms with Gasteiger partial charge in [-0.3, -0.25) is 0 Å². The van der Waals surface area contributed by atoms with E-state index < -0.39 is 5.43 Å². The van der Waals surface area contributed by atoms with Gasteiger partial charge < -0.3 is 9.47 Å². The molecule has 0 amide bonds. The third-order valence-electron chi connectivity index (χ3n) is 1.66. The van der Waals surface area contributed by atoms with Gasteiger partial charge in [0.1, 0.15) is 6.61 Å². The zero-order valence-corrected chi connectivity index (χ0v) is 8.97. The predicted octanol–water partition coefficient (Wildman–Crippen LogP) is 2.96. The standard InChI is InChI=1S/C9H17ClO3/c1-3-5-6-8(12-4-2)7-13-9(10)11/h8H,3-7H2,1-2H3. The van der Waals surface area contributed by atoms with Crippen LogP contribution in [0.15, 0.2) is 0 Å². The lowest BCUT2D eigenvalue weighted by atomic mass is 10.2. The molecule has 0 saturated heterocycles. The SMILES string of the molecule is CCCCC(COC(=O)Cl)OCC. The molecule has 0 aliphatic heterocycles. The highest BCUT2D eigenvalue weighted by molar-refractivity contribution is 6.61. The van der Waals surface area contributed by atoms with Crippen LogP contribution in [-0.2, 0) is 9.47 Å². The highest BCUT2D eigenvalue weighted by Crippen LogP contribution is 2.06. The van der Waals surface area contributed by atoms with Gasteiger partial charge in [0.15, 0.2) is 0 Å². The molecule has 0 fully saturated rings. The van der Waals surface area contributed by atoms with E-state index in [0.717, 1.165) is 19.3 Å². The van der Waals surface area contributed by atoms with Crippen LogP contribution in [0.5, 0.6) is 0 Å². The summed E-state index contributed by atoms with van der Waals surface area (Å²) in [5.41, 5.74) is -0.763. The van der Waals surface area contributed by atoms with E-state index in [4.69, 9.17) is 16.3 Å². The van der Waals surface area contributed by atoms with Gasteiger partial charge in [-0.2, -0.15) is 0 Å². The Morgan fingerprint density at radius 2 is 2.15 bits per heavy atom. The van der Waals surface area contributed by atoms with Gasteiger partial charge in [0.25, 0.3) is 0 Å². The van der Waals surface area contributed by atoms with E-state index in [2.05, 4.69) is 11.7 Å². The van der Waals surface area contributed by atoms with Crippen LogP contribution in [0.3, 0.4) is 0 Å². The molecule has 1 atom stereocenters. The van der Waals surface area contributed by atoms with E-state index in [1.807, 2.05) is 6.92 Å². The Balaban J connectivity index is 3.59. The third kappa shape index (κ3) is 8.06. The summed E-state index contributed by atoms with van der Waals surface area (Å²) in [4.78, 5) is 10.3. The second-order valence-corrected chi connectivity index (χ2v) is 3.08. The summed E-state index contributed by atoms with van der Waals surface area (Å²) in [5.74, 6) is 0. The fraction of sp³-hybridized carbons (Fsp3) is 0.889. The van der Waals surface area contributed by atoms with E-state index in [-0.39, 0.29) is 12.7 Å². The smallest absolute Gasteiger partial charge is 0.403 e. The first-order valence-corrected chi connectivity index (χ1v) is 5.02. The van der Waals surface area contributed by atoms with Crippen molar-refractivity contribution in [3.63, 3.8) is 0 Å². The molecule has 0 aromatic heterocycles. The summed E-state index contributed by atoms with van der Waals surface area (Å²) in [6, 6.07) is 0. The normalized spacial score (nSPS) is 12.5. The molecule has 0 spiro atoms. The fourth-order valence-electron chi connectivity index (χ4n) is 1.04. The van der Waals surface area contributed by atoms with Gasteiger partial charge in [0, 0.05) is 18.2 Å². The fourth-order valence-corrected chi connectivity index (χ4v) is 1.10. The Hall–Kier alpha value is -0.280. The largest absolute Gasteiger partial charge is 0.451 e. The maximum atomic E-state index is 10.3. The predicted molar refractivity (Wildman–Crippen MR) is 52.1 cm³/mol. The minimum absolute atomic E-state index is 0.00681. The monoisotopic (exact) mass is 208 g/mol. The van der Waals surface area contributed by atoms with Crippen molar-refractivity contribution in [3.05, 3.63) is 0 Å². The summed E-state index contributed by atoms with van der Waals surface area (Å²) in [7, 11) is 0. The first-order chi connectivity index (χ1) is 6.20. The van der Waals surface area contributed by atoms with E-state index in [0.29, 0.717) is 6.61 Å². The Kier molecular flexibility index (Phi) is 8.14. The number of hydrogen-bond acceptors (Lipinski definition) is 3. The Labute approximate surface area is 84.4 Å². The van der Waals surface area contributed by atoms with E-state index >= 15 is 0 Å². The molecule has 0 N–H and O–H groups in total. The van der Waals surface area contributed by atoms with Crippen molar-refractivity contribution in [2.24, 2.45) is 0 Å². The number of hydrogen-bond donors (Lipinski definition) is 0. The molecular formula is C9H17ClO3. The number of ether oxygens (including phenoxy) is 2. The highest BCUT2D eigenvalue weighted by Gasteiger charge is 2.09. The first-order valence-electron chi connectivity index (χ1n) is 4.64. The third-order valence-corrected chi connectivity index (χ3v) is 1.77. The number of unbranched alkanes of at least 4 members (excludes halogenated alkanes) is 1.